The van der Waals surface area contributed by atoms with Crippen molar-refractivity contribution < 1.29 is 28.1 Å². The Bertz CT molecular complexity index is 1080. The minimum absolute atomic E-state index is 0. The van der Waals surface area contributed by atoms with E-state index >= 15 is 0 Å². The number of para-hydroxylation sites is 1. The number of fused-ring (bicyclic) bond motifs is 1. The van der Waals surface area contributed by atoms with E-state index in [1.807, 2.05) is 32.9 Å². The van der Waals surface area contributed by atoms with Crippen molar-refractivity contribution in [1.82, 2.24) is 0 Å². The molecule has 2 aromatic carbocycles. The molecule has 1 aliphatic rings. The van der Waals surface area contributed by atoms with Gasteiger partial charge >= 0.3 is 18.6 Å². The summed E-state index contributed by atoms with van der Waals surface area (Å²) in [7, 11) is 1.74. The molecule has 1 aliphatic heterocycles. The topological polar surface area (TPSA) is 38.7 Å². The number of hydrogen-bond acceptors (Lipinski definition) is 3. The van der Waals surface area contributed by atoms with Gasteiger partial charge in [0.05, 0.1) is 5.69 Å². The third kappa shape index (κ3) is 25.3. The quantitative estimate of drug-likeness (QED) is 0.216. The summed E-state index contributed by atoms with van der Waals surface area (Å²) in [5.41, 5.74) is 5.40. The predicted molar refractivity (Wildman–Crippen MR) is 222 cm³/mol. The van der Waals surface area contributed by atoms with Crippen LogP contribution in [0.5, 0.6) is 0 Å². The Balaban J connectivity index is -0.000000263. The molecule has 0 saturated heterocycles. The number of carbonyl (C=O) groups excluding carboxylic acids is 1. The van der Waals surface area contributed by atoms with Crippen molar-refractivity contribution >= 4 is 17.2 Å². The molecule has 0 saturated carbocycles. The number of ketones is 1. The Morgan fingerprint density at radius 3 is 1.54 bits per heavy atom. The summed E-state index contributed by atoms with van der Waals surface area (Å²) in [4.78, 5) is 15.7. The first kappa shape index (κ1) is 55.1. The minimum atomic E-state index is 0. The van der Waals surface area contributed by atoms with Gasteiger partial charge in [0.25, 0.3) is 0 Å². The van der Waals surface area contributed by atoms with Crippen molar-refractivity contribution in [2.24, 2.45) is 45.9 Å². The van der Waals surface area contributed by atoms with Crippen molar-refractivity contribution in [3.63, 3.8) is 0 Å². The average Bonchev–Trinajstić information content (AvgIpc) is 3.51. The monoisotopic (exact) mass is 731 g/mol. The van der Waals surface area contributed by atoms with Crippen LogP contribution < -0.4 is 0 Å². The molecule has 0 aliphatic carbocycles. The van der Waals surface area contributed by atoms with Crippen LogP contribution in [-0.2, 0) is 34.5 Å². The number of Topliss-reactive ketones (excluding diaryl/α,β-unsaturated/α-hetero) is 1. The first-order valence-electron chi connectivity index (χ1n) is 19.1. The standard InChI is InChI=1S/C11H13N.C10H20O.C9H12.C8H16.C6H14O.C2H6.V/c1-8(2)11-7-9-5-3-4-6-10(9)12-11;1-7(2)10(5,6)8(3)9(4)11;1-8(2)9-6-4-3-5-7-9;1-5-8(6-2)7(3)4;1-6(2)4-5-7-3;1-2;/h3-6,8H,7H2,1-2H3;7-8H,1-6H3;3-8H,1-2H3;7-8H,1-2,5-6H2,3-4H3;6H,4-5H2,1-3H3;1-2H3;/q;;;-2;;;+2. The largest absolute Gasteiger partial charge is 2.00 e. The van der Waals surface area contributed by atoms with Crippen LogP contribution in [0.1, 0.15) is 147 Å². The van der Waals surface area contributed by atoms with Crippen LogP contribution in [0.2, 0.25) is 0 Å². The van der Waals surface area contributed by atoms with E-state index in [2.05, 4.69) is 144 Å². The summed E-state index contributed by atoms with van der Waals surface area (Å²) < 4.78 is 4.85. The zero-order valence-electron chi connectivity index (χ0n) is 35.9. The molecular weight excluding hydrogens is 649 g/mol. The molecule has 3 rings (SSSR count). The molecule has 0 bridgehead atoms. The number of methoxy groups -OCH3 is 1. The van der Waals surface area contributed by atoms with Gasteiger partial charge < -0.3 is 18.6 Å². The van der Waals surface area contributed by atoms with Gasteiger partial charge in [-0.15, -0.1) is 0 Å². The van der Waals surface area contributed by atoms with Crippen molar-refractivity contribution in [2.75, 3.05) is 13.7 Å². The average molecular weight is 731 g/mol. The minimum Gasteiger partial charge on any atom is -0.385 e. The fourth-order valence-electron chi connectivity index (χ4n) is 4.52. The number of benzene rings is 2. The van der Waals surface area contributed by atoms with Crippen LogP contribution in [-0.4, -0.2) is 25.2 Å². The van der Waals surface area contributed by atoms with Crippen LogP contribution in [0.25, 0.3) is 0 Å². The molecule has 0 aromatic heterocycles. The molecule has 2 aromatic rings. The molecule has 0 spiro atoms. The number of carbonyl (C=O) groups is 1. The van der Waals surface area contributed by atoms with Crippen molar-refractivity contribution in [3.05, 3.63) is 79.6 Å². The zero-order valence-corrected chi connectivity index (χ0v) is 37.3. The van der Waals surface area contributed by atoms with Gasteiger partial charge in [-0.2, -0.15) is 12.8 Å². The molecule has 1 unspecified atom stereocenters. The molecule has 0 N–H and O–H groups in total. The summed E-state index contributed by atoms with van der Waals surface area (Å²) in [5.74, 6) is 4.52. The maximum Gasteiger partial charge on any atom is 2.00 e. The van der Waals surface area contributed by atoms with Crippen LogP contribution in [0.3, 0.4) is 0 Å². The van der Waals surface area contributed by atoms with Gasteiger partial charge in [-0.25, -0.2) is 0 Å². The molecule has 287 valence electrons. The van der Waals surface area contributed by atoms with Crippen molar-refractivity contribution in [2.45, 2.75) is 142 Å². The second kappa shape index (κ2) is 32.0. The number of ether oxygens (including phenoxy) is 1. The summed E-state index contributed by atoms with van der Waals surface area (Å²) in [5, 5.41) is 0. The van der Waals surface area contributed by atoms with Gasteiger partial charge in [0.1, 0.15) is 5.78 Å². The maximum absolute atomic E-state index is 11.1. The van der Waals surface area contributed by atoms with Gasteiger partial charge in [-0.1, -0.05) is 158 Å². The third-order valence-corrected chi connectivity index (χ3v) is 9.56. The first-order chi connectivity index (χ1) is 22.9. The maximum atomic E-state index is 11.1. The second-order valence-corrected chi connectivity index (χ2v) is 15.2. The van der Waals surface area contributed by atoms with E-state index < -0.39 is 0 Å². The van der Waals surface area contributed by atoms with E-state index in [0.29, 0.717) is 23.5 Å². The summed E-state index contributed by atoms with van der Waals surface area (Å²) in [6.45, 7) is 42.6. The molecule has 4 heteroatoms. The van der Waals surface area contributed by atoms with Crippen molar-refractivity contribution in [3.8, 4) is 0 Å². The number of nitrogens with zero attached hydrogens (tertiary/aromatic N) is 1. The number of aliphatic imine (C=N–C) groups is 1. The van der Waals surface area contributed by atoms with Gasteiger partial charge in [0.15, 0.2) is 0 Å². The van der Waals surface area contributed by atoms with Gasteiger partial charge in [-0.3, -0.25) is 9.79 Å². The zero-order chi connectivity index (χ0) is 38.7. The predicted octanol–water partition coefficient (Wildman–Crippen LogP) is 14.1. The molecule has 50 heavy (non-hydrogen) atoms. The molecular formula is C46H81NO2V. The normalized spacial score (nSPS) is 12.1. The molecule has 3 nitrogen and oxygen atoms in total. The Kier molecular flexibility index (Phi) is 35.3. The molecule has 0 amide bonds. The van der Waals surface area contributed by atoms with E-state index in [4.69, 9.17) is 4.74 Å². The van der Waals surface area contributed by atoms with E-state index in [9.17, 15) is 4.79 Å². The summed E-state index contributed by atoms with van der Waals surface area (Å²) >= 11 is 0. The van der Waals surface area contributed by atoms with E-state index in [-0.39, 0.29) is 29.9 Å². The van der Waals surface area contributed by atoms with Crippen LogP contribution in [0, 0.1) is 54.8 Å². The van der Waals surface area contributed by atoms with E-state index in [1.54, 1.807) is 14.0 Å². The van der Waals surface area contributed by atoms with Crippen LogP contribution >= 0.6 is 0 Å². The van der Waals surface area contributed by atoms with Crippen LogP contribution in [0.4, 0.5) is 5.69 Å². The Labute approximate surface area is 325 Å². The van der Waals surface area contributed by atoms with E-state index in [0.717, 1.165) is 43.6 Å². The first-order valence-corrected chi connectivity index (χ1v) is 19.1. The van der Waals surface area contributed by atoms with Crippen LogP contribution in [0.15, 0.2) is 59.6 Å². The molecule has 1 heterocycles. The number of rotatable bonds is 11. The molecule has 0 fully saturated rings. The third-order valence-electron chi connectivity index (χ3n) is 9.56. The summed E-state index contributed by atoms with van der Waals surface area (Å²) in [6.07, 6.45) is 4.28. The van der Waals surface area contributed by atoms with Crippen molar-refractivity contribution in [1.29, 1.82) is 0 Å². The Morgan fingerprint density at radius 1 is 0.800 bits per heavy atom. The smallest absolute Gasteiger partial charge is 0.385 e. The molecule has 1 radical (unpaired) electrons. The van der Waals surface area contributed by atoms with Gasteiger partial charge in [0.2, 0.25) is 0 Å². The van der Waals surface area contributed by atoms with Gasteiger partial charge in [-0.05, 0) is 65.5 Å². The molecule has 1 atom stereocenters. The second-order valence-electron chi connectivity index (χ2n) is 15.2. The van der Waals surface area contributed by atoms with Gasteiger partial charge in [0, 0.05) is 31.8 Å². The van der Waals surface area contributed by atoms with E-state index in [1.165, 1.54) is 28.9 Å². The SMILES string of the molecule is CC.CC(=O)C(C)C(C)(C)C(C)C.CC(C)C1=Nc2ccccc2C1.CC(C)c1ccccc1.COCCC(C)C.[CH2-]CC(C[CH2-])C(C)C.[V+2]. The fraction of sp³-hybridized carbons (Fsp3) is 0.652. The number of hydrogen-bond donors (Lipinski definition) is 0. The Hall–Kier alpha value is -1.68. The summed E-state index contributed by atoms with van der Waals surface area (Å²) in [6, 6.07) is 18.9. The Morgan fingerprint density at radius 2 is 1.28 bits per heavy atom. The fourth-order valence-corrected chi connectivity index (χ4v) is 4.52.